The van der Waals surface area contributed by atoms with Gasteiger partial charge >= 0.3 is 0 Å². The van der Waals surface area contributed by atoms with E-state index >= 15 is 0 Å². The van der Waals surface area contributed by atoms with Gasteiger partial charge in [-0.25, -0.2) is 0 Å². The fraction of sp³-hybridized carbons (Fsp3) is 0.536. The quantitative estimate of drug-likeness (QED) is 0.556. The summed E-state index contributed by atoms with van der Waals surface area (Å²) >= 11 is 12.7. The average Bonchev–Trinajstić information content (AvgIpc) is 2.90. The number of likely N-dealkylation sites (N-methyl/N-ethyl adjacent to an activating group) is 2. The third kappa shape index (κ3) is 6.18. The van der Waals surface area contributed by atoms with Gasteiger partial charge in [0.15, 0.2) is 0 Å². The molecule has 200 valence electrons. The summed E-state index contributed by atoms with van der Waals surface area (Å²) in [5.74, 6) is 0.986. The molecule has 0 radical (unpaired) electrons. The summed E-state index contributed by atoms with van der Waals surface area (Å²) in [5, 5.41) is 8.51. The summed E-state index contributed by atoms with van der Waals surface area (Å²) in [5.41, 5.74) is 4.13. The molecule has 3 aliphatic heterocycles. The minimum Gasteiger partial charge on any atom is -0.373 e. The number of rotatable bonds is 6. The van der Waals surface area contributed by atoms with Crippen molar-refractivity contribution in [3.63, 3.8) is 0 Å². The number of hydrogen-bond acceptors (Lipinski definition) is 6. The number of nitrogens with one attached hydrogen (secondary N) is 2. The van der Waals surface area contributed by atoms with Crippen LogP contribution in [0.25, 0.3) is 0 Å². The van der Waals surface area contributed by atoms with E-state index in [0.29, 0.717) is 16.6 Å². The van der Waals surface area contributed by atoms with Crippen LogP contribution >= 0.6 is 23.2 Å². The van der Waals surface area contributed by atoms with Gasteiger partial charge in [0.1, 0.15) is 5.84 Å². The number of fused-ring (bicyclic) bond motifs is 1. The van der Waals surface area contributed by atoms with Crippen LogP contribution in [0.15, 0.2) is 41.4 Å². The lowest BCUT2D eigenvalue weighted by molar-refractivity contribution is 0.157. The summed E-state index contributed by atoms with van der Waals surface area (Å²) in [6.45, 7) is 9.38. The summed E-state index contributed by atoms with van der Waals surface area (Å²) in [4.78, 5) is 14.8. The number of amidine groups is 1. The molecule has 1 spiro atoms. The van der Waals surface area contributed by atoms with Gasteiger partial charge in [0.25, 0.3) is 0 Å². The molecule has 2 fully saturated rings. The molecule has 0 aliphatic carbocycles. The van der Waals surface area contributed by atoms with Gasteiger partial charge in [-0.05, 0) is 56.8 Å². The van der Waals surface area contributed by atoms with Crippen LogP contribution in [-0.4, -0.2) is 99.6 Å². The van der Waals surface area contributed by atoms with Gasteiger partial charge in [0.2, 0.25) is 0 Å². The number of halogens is 2. The van der Waals surface area contributed by atoms with Crippen LogP contribution in [0.5, 0.6) is 0 Å². The summed E-state index contributed by atoms with van der Waals surface area (Å²) in [7, 11) is 6.57. The minimum absolute atomic E-state index is 0.229. The Kier molecular flexibility index (Phi) is 8.17. The molecule has 0 unspecified atom stereocenters. The maximum absolute atomic E-state index is 6.34. The van der Waals surface area contributed by atoms with E-state index in [4.69, 9.17) is 28.2 Å². The predicted octanol–water partition coefficient (Wildman–Crippen LogP) is 4.58. The topological polar surface area (TPSA) is 49.4 Å². The number of aliphatic imine (C=N–C) groups is 1. The molecule has 5 rings (SSSR count). The Morgan fingerprint density at radius 1 is 0.919 bits per heavy atom. The highest BCUT2D eigenvalue weighted by atomic mass is 35.5. The van der Waals surface area contributed by atoms with E-state index in [2.05, 4.69) is 75.6 Å². The first kappa shape index (κ1) is 26.6. The number of likely N-dealkylation sites (tertiary alicyclic amines) is 1. The Bertz CT molecular complexity index is 1120. The average molecular weight is 545 g/mol. The number of hydrogen-bond donors (Lipinski definition) is 2. The molecular weight excluding hydrogens is 505 g/mol. The fourth-order valence-electron chi connectivity index (χ4n) is 5.43. The van der Waals surface area contributed by atoms with Crippen LogP contribution in [-0.2, 0) is 6.54 Å². The number of piperidine rings is 1. The summed E-state index contributed by atoms with van der Waals surface area (Å²) in [6, 6.07) is 12.6. The van der Waals surface area contributed by atoms with E-state index in [1.165, 1.54) is 11.3 Å². The molecule has 9 heteroatoms. The van der Waals surface area contributed by atoms with E-state index in [1.807, 2.05) is 12.1 Å². The number of anilines is 3. The van der Waals surface area contributed by atoms with Crippen molar-refractivity contribution < 1.29 is 0 Å². The van der Waals surface area contributed by atoms with Gasteiger partial charge in [-0.2, -0.15) is 0 Å². The monoisotopic (exact) mass is 543 g/mol. The van der Waals surface area contributed by atoms with Gasteiger partial charge in [0.05, 0.1) is 33.5 Å². The molecule has 0 bridgehead atoms. The second-order valence-corrected chi connectivity index (χ2v) is 11.7. The van der Waals surface area contributed by atoms with Gasteiger partial charge in [-0.3, -0.25) is 9.89 Å². The number of nitrogens with zero attached hydrogens (tertiary/aromatic N) is 5. The van der Waals surface area contributed by atoms with Crippen molar-refractivity contribution in [3.8, 4) is 0 Å². The van der Waals surface area contributed by atoms with E-state index in [9.17, 15) is 0 Å². The Hall–Kier alpha value is -2.03. The molecule has 2 aromatic carbocycles. The maximum atomic E-state index is 6.34. The van der Waals surface area contributed by atoms with Crippen molar-refractivity contribution in [1.29, 1.82) is 0 Å². The molecule has 2 saturated heterocycles. The van der Waals surface area contributed by atoms with Crippen molar-refractivity contribution in [2.45, 2.75) is 24.9 Å². The summed E-state index contributed by atoms with van der Waals surface area (Å²) < 4.78 is 0. The second-order valence-electron chi connectivity index (χ2n) is 10.8. The zero-order chi connectivity index (χ0) is 26.0. The highest BCUT2D eigenvalue weighted by molar-refractivity contribution is 6.42. The lowest BCUT2D eigenvalue weighted by Gasteiger charge is -2.46. The molecule has 0 saturated carbocycles. The first-order chi connectivity index (χ1) is 17.8. The predicted molar refractivity (Wildman–Crippen MR) is 158 cm³/mol. The SMILES string of the molecule is CN1CCN(CCN(C)c2cccc(CN=C3Nc4cc(Cl)c(Cl)cc4NC34CCN(C)CC4)c2)CC1. The highest BCUT2D eigenvalue weighted by Crippen LogP contribution is 2.41. The fourth-order valence-corrected chi connectivity index (χ4v) is 5.75. The Morgan fingerprint density at radius 2 is 1.59 bits per heavy atom. The zero-order valence-electron chi connectivity index (χ0n) is 22.2. The van der Waals surface area contributed by atoms with E-state index in [1.54, 1.807) is 0 Å². The van der Waals surface area contributed by atoms with Crippen LogP contribution in [0, 0.1) is 0 Å². The van der Waals surface area contributed by atoms with E-state index in [-0.39, 0.29) is 5.54 Å². The first-order valence-electron chi connectivity index (χ1n) is 13.3. The zero-order valence-corrected chi connectivity index (χ0v) is 23.7. The maximum Gasteiger partial charge on any atom is 0.127 e. The number of benzene rings is 2. The lowest BCUT2D eigenvalue weighted by Crippen LogP contribution is -2.58. The molecule has 0 amide bonds. The van der Waals surface area contributed by atoms with Crippen LogP contribution in [0.2, 0.25) is 10.0 Å². The van der Waals surface area contributed by atoms with E-state index in [0.717, 1.165) is 82.4 Å². The molecule has 0 aromatic heterocycles. The minimum atomic E-state index is -0.229. The van der Waals surface area contributed by atoms with Crippen LogP contribution < -0.4 is 15.5 Å². The number of piperazine rings is 1. The van der Waals surface area contributed by atoms with Crippen LogP contribution in [0.3, 0.4) is 0 Å². The molecule has 37 heavy (non-hydrogen) atoms. The molecule has 2 N–H and O–H groups in total. The normalized spacial score (nSPS) is 21.5. The van der Waals surface area contributed by atoms with E-state index < -0.39 is 0 Å². The lowest BCUT2D eigenvalue weighted by atomic mass is 9.84. The van der Waals surface area contributed by atoms with Crippen molar-refractivity contribution in [2.24, 2.45) is 4.99 Å². The first-order valence-corrected chi connectivity index (χ1v) is 14.1. The highest BCUT2D eigenvalue weighted by Gasteiger charge is 2.42. The van der Waals surface area contributed by atoms with Gasteiger partial charge in [0, 0.05) is 65.1 Å². The van der Waals surface area contributed by atoms with Crippen molar-refractivity contribution >= 4 is 46.1 Å². The second kappa shape index (κ2) is 11.4. The smallest absolute Gasteiger partial charge is 0.127 e. The summed E-state index contributed by atoms with van der Waals surface area (Å²) in [6.07, 6.45) is 1.95. The van der Waals surface area contributed by atoms with Crippen molar-refractivity contribution in [3.05, 3.63) is 52.0 Å². The Morgan fingerprint density at radius 3 is 2.32 bits per heavy atom. The standard InChI is InChI=1S/C28H39Cl2N7/c1-34-9-7-28(8-10-34)27(32-25-18-23(29)24(30)19-26(25)33-28)31-20-21-5-4-6-22(17-21)36(3)13-16-37-14-11-35(2)12-15-37/h4-6,17-19,33H,7-16,20H2,1-3H3,(H,31,32). The third-order valence-corrected chi connectivity index (χ3v) is 8.82. The van der Waals surface area contributed by atoms with Gasteiger partial charge in [-0.15, -0.1) is 0 Å². The molecule has 7 nitrogen and oxygen atoms in total. The van der Waals surface area contributed by atoms with Crippen molar-refractivity contribution in [2.75, 3.05) is 89.0 Å². The largest absolute Gasteiger partial charge is 0.373 e. The van der Waals surface area contributed by atoms with Crippen LogP contribution in [0.1, 0.15) is 18.4 Å². The molecular formula is C28H39Cl2N7. The Labute approximate surface area is 231 Å². The molecule has 3 heterocycles. The van der Waals surface area contributed by atoms with Gasteiger partial charge < -0.3 is 25.3 Å². The molecule has 2 aromatic rings. The molecule has 0 atom stereocenters. The molecule has 3 aliphatic rings. The van der Waals surface area contributed by atoms with Gasteiger partial charge in [-0.1, -0.05) is 35.3 Å². The van der Waals surface area contributed by atoms with Crippen molar-refractivity contribution in [1.82, 2.24) is 14.7 Å². The Balaban J connectivity index is 1.30. The third-order valence-electron chi connectivity index (χ3n) is 8.10. The van der Waals surface area contributed by atoms with Crippen LogP contribution in [0.4, 0.5) is 17.1 Å².